The fourth-order valence-corrected chi connectivity index (χ4v) is 2.42. The first-order valence-electron chi connectivity index (χ1n) is 9.39. The van der Waals surface area contributed by atoms with Crippen LogP contribution in [0.15, 0.2) is 48.7 Å². The first-order chi connectivity index (χ1) is 14.5. The second-order valence-electron chi connectivity index (χ2n) is 7.57. The molecule has 1 aromatic carbocycles. The van der Waals surface area contributed by atoms with Gasteiger partial charge in [0.2, 0.25) is 0 Å². The maximum atomic E-state index is 12.0. The molecule has 4 N–H and O–H groups in total. The smallest absolute Gasteiger partial charge is 0.413 e. The largest absolute Gasteiger partial charge is 0.480 e. The number of pyridine rings is 1. The summed E-state index contributed by atoms with van der Waals surface area (Å²) in [6.07, 6.45) is -2.12. The van der Waals surface area contributed by atoms with E-state index in [1.165, 1.54) is 18.3 Å². The van der Waals surface area contributed by atoms with Gasteiger partial charge < -0.3 is 25.0 Å². The molecule has 0 radical (unpaired) electrons. The van der Waals surface area contributed by atoms with E-state index in [4.69, 9.17) is 9.47 Å². The molecule has 0 saturated heterocycles. The fourth-order valence-electron chi connectivity index (χ4n) is 2.42. The molecule has 0 spiro atoms. The van der Waals surface area contributed by atoms with Crippen molar-refractivity contribution in [2.24, 2.45) is 0 Å². The Hall–Kier alpha value is -3.66. The van der Waals surface area contributed by atoms with Gasteiger partial charge in [-0.15, -0.1) is 0 Å². The molecule has 2 amide bonds. The second kappa shape index (κ2) is 10.4. The number of nitrogens with zero attached hydrogens (tertiary/aromatic N) is 1. The molecule has 0 bridgehead atoms. The van der Waals surface area contributed by atoms with Gasteiger partial charge in [0.05, 0.1) is 0 Å². The minimum absolute atomic E-state index is 0.0539. The number of carboxylic acid groups (broad SMARTS) is 1. The van der Waals surface area contributed by atoms with Crippen molar-refractivity contribution < 1.29 is 34.1 Å². The number of carbonyl (C=O) groups is 3. The lowest BCUT2D eigenvalue weighted by molar-refractivity contribution is -0.142. The Kier molecular flexibility index (Phi) is 7.92. The number of hydrogen-bond donors (Lipinski definition) is 4. The van der Waals surface area contributed by atoms with Crippen LogP contribution in [0.5, 0.6) is 0 Å². The summed E-state index contributed by atoms with van der Waals surface area (Å²) in [5.74, 6) is -1.31. The summed E-state index contributed by atoms with van der Waals surface area (Å²) in [5.41, 5.74) is 0.156. The molecular formula is C21H25N3O7. The van der Waals surface area contributed by atoms with E-state index in [0.29, 0.717) is 0 Å². The number of aromatic nitrogens is 1. The number of rotatable bonds is 7. The van der Waals surface area contributed by atoms with E-state index >= 15 is 0 Å². The minimum Gasteiger partial charge on any atom is -0.480 e. The summed E-state index contributed by atoms with van der Waals surface area (Å²) in [4.78, 5) is 39.2. The highest BCUT2D eigenvalue weighted by Gasteiger charge is 2.30. The number of alkyl carbamates (subject to hydrolysis) is 1. The van der Waals surface area contributed by atoms with Gasteiger partial charge in [0.15, 0.2) is 6.04 Å². The van der Waals surface area contributed by atoms with Gasteiger partial charge in [-0.05, 0) is 32.4 Å². The van der Waals surface area contributed by atoms with Crippen molar-refractivity contribution in [1.82, 2.24) is 10.3 Å². The van der Waals surface area contributed by atoms with Crippen LogP contribution in [0.4, 0.5) is 15.4 Å². The molecule has 0 aliphatic heterocycles. The first-order valence-corrected chi connectivity index (χ1v) is 9.39. The Labute approximate surface area is 179 Å². The van der Waals surface area contributed by atoms with Crippen LogP contribution in [0.2, 0.25) is 0 Å². The highest BCUT2D eigenvalue weighted by Crippen LogP contribution is 2.19. The van der Waals surface area contributed by atoms with Gasteiger partial charge >= 0.3 is 18.2 Å². The maximum absolute atomic E-state index is 12.0. The lowest BCUT2D eigenvalue weighted by Gasteiger charge is -2.21. The molecule has 1 aromatic heterocycles. The number of hydrogen-bond acceptors (Lipinski definition) is 7. The number of aliphatic hydroxyl groups is 1. The van der Waals surface area contributed by atoms with Crippen molar-refractivity contribution in [3.63, 3.8) is 0 Å². The SMILES string of the molecule is CC(C)(C)OC(=O)Nc1ccc([C@@H](O)[C@@H](NC(=O)OCc2ccccc2)C(=O)O)cn1. The topological polar surface area (TPSA) is 147 Å². The van der Waals surface area contributed by atoms with Crippen LogP contribution < -0.4 is 10.6 Å². The summed E-state index contributed by atoms with van der Waals surface area (Å²) in [6, 6.07) is 9.92. The van der Waals surface area contributed by atoms with Crippen LogP contribution in [0.25, 0.3) is 0 Å². The number of aliphatic hydroxyl groups excluding tert-OH is 1. The van der Waals surface area contributed by atoms with E-state index in [9.17, 15) is 24.6 Å². The first kappa shape index (κ1) is 23.6. The number of carboxylic acids is 1. The molecule has 0 fully saturated rings. The summed E-state index contributed by atoms with van der Waals surface area (Å²) < 4.78 is 10.1. The number of ether oxygens (including phenoxy) is 2. The maximum Gasteiger partial charge on any atom is 0.413 e. The third-order valence-electron chi connectivity index (χ3n) is 3.82. The fraction of sp³-hybridized carbons (Fsp3) is 0.333. The Morgan fingerprint density at radius 1 is 1.06 bits per heavy atom. The molecule has 2 aromatic rings. The van der Waals surface area contributed by atoms with Crippen LogP contribution >= 0.6 is 0 Å². The molecule has 0 saturated carbocycles. The monoisotopic (exact) mass is 431 g/mol. The molecule has 10 nitrogen and oxygen atoms in total. The van der Waals surface area contributed by atoms with Gasteiger partial charge in [-0.25, -0.2) is 19.4 Å². The van der Waals surface area contributed by atoms with E-state index in [-0.39, 0.29) is 18.0 Å². The average Bonchev–Trinajstić information content (AvgIpc) is 2.69. The Morgan fingerprint density at radius 2 is 1.74 bits per heavy atom. The average molecular weight is 431 g/mol. The zero-order valence-corrected chi connectivity index (χ0v) is 17.4. The molecule has 2 atom stereocenters. The predicted molar refractivity (Wildman–Crippen MR) is 110 cm³/mol. The van der Waals surface area contributed by atoms with Crippen LogP contribution in [0, 0.1) is 0 Å². The van der Waals surface area contributed by atoms with Gasteiger partial charge in [-0.1, -0.05) is 36.4 Å². The van der Waals surface area contributed by atoms with E-state index in [1.807, 2.05) is 6.07 Å². The number of anilines is 1. The highest BCUT2D eigenvalue weighted by molar-refractivity contribution is 5.83. The molecule has 0 aliphatic carbocycles. The van der Waals surface area contributed by atoms with Crippen LogP contribution in [0.3, 0.4) is 0 Å². The Morgan fingerprint density at radius 3 is 2.29 bits per heavy atom. The number of carbonyl (C=O) groups excluding carboxylic acids is 2. The van der Waals surface area contributed by atoms with Gasteiger partial charge in [-0.2, -0.15) is 0 Å². The third kappa shape index (κ3) is 7.94. The van der Waals surface area contributed by atoms with E-state index in [2.05, 4.69) is 15.6 Å². The molecule has 31 heavy (non-hydrogen) atoms. The van der Waals surface area contributed by atoms with E-state index in [0.717, 1.165) is 5.56 Å². The Balaban J connectivity index is 1.97. The van der Waals surface area contributed by atoms with Gasteiger partial charge in [-0.3, -0.25) is 5.32 Å². The van der Waals surface area contributed by atoms with Gasteiger partial charge in [0.25, 0.3) is 0 Å². The summed E-state index contributed by atoms with van der Waals surface area (Å²) >= 11 is 0. The van der Waals surface area contributed by atoms with Crippen LogP contribution in [-0.4, -0.2) is 45.0 Å². The zero-order valence-electron chi connectivity index (χ0n) is 17.4. The molecule has 2 rings (SSSR count). The van der Waals surface area contributed by atoms with Crippen molar-refractivity contribution in [2.75, 3.05) is 5.32 Å². The number of benzene rings is 1. The molecule has 0 aliphatic rings. The van der Waals surface area contributed by atoms with Crippen LogP contribution in [0.1, 0.15) is 38.0 Å². The molecule has 10 heteroatoms. The molecule has 166 valence electrons. The van der Waals surface area contributed by atoms with Gasteiger partial charge in [0, 0.05) is 11.8 Å². The molecule has 1 heterocycles. The summed E-state index contributed by atoms with van der Waals surface area (Å²) in [7, 11) is 0. The van der Waals surface area contributed by atoms with E-state index < -0.39 is 35.9 Å². The lowest BCUT2D eigenvalue weighted by atomic mass is 10.0. The van der Waals surface area contributed by atoms with E-state index in [1.54, 1.807) is 45.0 Å². The third-order valence-corrected chi connectivity index (χ3v) is 3.82. The van der Waals surface area contributed by atoms with Crippen molar-refractivity contribution in [3.8, 4) is 0 Å². The van der Waals surface area contributed by atoms with Crippen molar-refractivity contribution in [1.29, 1.82) is 0 Å². The van der Waals surface area contributed by atoms with Crippen LogP contribution in [-0.2, 0) is 20.9 Å². The standard InChI is InChI=1S/C21H25N3O7/c1-21(2,3)31-20(29)23-15-10-9-14(11-22-15)17(25)16(18(26)27)24-19(28)30-12-13-7-5-4-6-8-13/h4-11,16-17,25H,12H2,1-3H3,(H,24,28)(H,26,27)(H,22,23,29)/t16-,17-/m1/s1. The second-order valence-corrected chi connectivity index (χ2v) is 7.57. The lowest BCUT2D eigenvalue weighted by Crippen LogP contribution is -2.45. The van der Waals surface area contributed by atoms with Crippen molar-refractivity contribution >= 4 is 24.0 Å². The number of amides is 2. The van der Waals surface area contributed by atoms with Crippen molar-refractivity contribution in [3.05, 3.63) is 59.8 Å². The summed E-state index contributed by atoms with van der Waals surface area (Å²) in [5, 5.41) is 24.4. The quantitative estimate of drug-likeness (QED) is 0.523. The normalized spacial score (nSPS) is 12.9. The minimum atomic E-state index is -1.67. The summed E-state index contributed by atoms with van der Waals surface area (Å²) in [6.45, 7) is 5.08. The Bertz CT molecular complexity index is 895. The predicted octanol–water partition coefficient (Wildman–Crippen LogP) is 2.84. The van der Waals surface area contributed by atoms with Crippen molar-refractivity contribution in [2.45, 2.75) is 45.1 Å². The molecular weight excluding hydrogens is 406 g/mol. The zero-order chi connectivity index (χ0) is 23.0. The highest BCUT2D eigenvalue weighted by atomic mass is 16.6. The number of aliphatic carboxylic acids is 1. The number of nitrogens with one attached hydrogen (secondary N) is 2. The molecule has 0 unspecified atom stereocenters. The van der Waals surface area contributed by atoms with Gasteiger partial charge in [0.1, 0.15) is 24.1 Å².